The average molecular weight is 388 g/mol. The summed E-state index contributed by atoms with van der Waals surface area (Å²) in [5, 5.41) is 2.20. The van der Waals surface area contributed by atoms with Crippen LogP contribution in [0, 0.1) is 0 Å². The Morgan fingerprint density at radius 2 is 1.73 bits per heavy atom. The van der Waals surface area contributed by atoms with Crippen molar-refractivity contribution in [2.45, 2.75) is 4.90 Å². The topological polar surface area (TPSA) is 68.5 Å². The fraction of sp³-hybridized carbons (Fsp3) is 0.0526. The largest absolute Gasteiger partial charge is 0.495 e. The zero-order valence-corrected chi connectivity index (χ0v) is 15.3. The van der Waals surface area contributed by atoms with E-state index in [0.29, 0.717) is 16.3 Å². The van der Waals surface area contributed by atoms with Gasteiger partial charge in [-0.25, -0.2) is 8.42 Å². The molecule has 3 aromatic carbocycles. The van der Waals surface area contributed by atoms with E-state index < -0.39 is 10.0 Å². The minimum atomic E-state index is -3.88. The summed E-state index contributed by atoms with van der Waals surface area (Å²) in [5.74, 6) is 0.215. The molecule has 0 atom stereocenters. The predicted molar refractivity (Wildman–Crippen MR) is 103 cm³/mol. The van der Waals surface area contributed by atoms with E-state index in [0.717, 1.165) is 16.4 Å². The average Bonchev–Trinajstić information content (AvgIpc) is 2.99. The zero-order valence-electron chi connectivity index (χ0n) is 13.7. The fourth-order valence-electron chi connectivity index (χ4n) is 2.86. The highest BCUT2D eigenvalue weighted by Crippen LogP contribution is 2.32. The second-order valence-corrected chi connectivity index (χ2v) is 7.80. The van der Waals surface area contributed by atoms with Gasteiger partial charge in [0.2, 0.25) is 0 Å². The SMILES string of the molecule is COc1ccc(Cl)cc1S(=O)(=O)Nc1ccc2c(c1)oc1ccccc12. The predicted octanol–water partition coefficient (Wildman–Crippen LogP) is 5.05. The van der Waals surface area contributed by atoms with Crippen molar-refractivity contribution in [3.05, 3.63) is 65.7 Å². The smallest absolute Gasteiger partial charge is 0.265 e. The molecule has 132 valence electrons. The van der Waals surface area contributed by atoms with Gasteiger partial charge >= 0.3 is 0 Å². The molecule has 0 spiro atoms. The van der Waals surface area contributed by atoms with Gasteiger partial charge in [0, 0.05) is 21.9 Å². The summed E-state index contributed by atoms with van der Waals surface area (Å²) in [4.78, 5) is -0.0304. The van der Waals surface area contributed by atoms with E-state index in [1.54, 1.807) is 18.2 Å². The number of methoxy groups -OCH3 is 1. The standard InChI is InChI=1S/C19H14ClNO4S/c1-24-17-9-6-12(20)10-19(17)26(22,23)21-13-7-8-15-14-4-2-3-5-16(14)25-18(15)11-13/h2-11,21H,1H3. The summed E-state index contributed by atoms with van der Waals surface area (Å²) >= 11 is 5.94. The Kier molecular flexibility index (Phi) is 4.01. The molecule has 5 nitrogen and oxygen atoms in total. The molecule has 1 N–H and O–H groups in total. The minimum Gasteiger partial charge on any atom is -0.495 e. The molecule has 0 radical (unpaired) electrons. The lowest BCUT2D eigenvalue weighted by atomic mass is 10.1. The second-order valence-electron chi connectivity index (χ2n) is 5.71. The molecule has 1 aromatic heterocycles. The Morgan fingerprint density at radius 1 is 0.962 bits per heavy atom. The molecular formula is C19H14ClNO4S. The van der Waals surface area contributed by atoms with Crippen molar-refractivity contribution >= 4 is 49.3 Å². The molecule has 4 aromatic rings. The van der Waals surface area contributed by atoms with Crippen LogP contribution in [0.5, 0.6) is 5.75 Å². The molecule has 0 bridgehead atoms. The lowest BCUT2D eigenvalue weighted by Gasteiger charge is -2.12. The Hall–Kier alpha value is -2.70. The molecule has 0 fully saturated rings. The van der Waals surface area contributed by atoms with E-state index in [4.69, 9.17) is 20.8 Å². The van der Waals surface area contributed by atoms with Gasteiger partial charge < -0.3 is 9.15 Å². The molecule has 0 unspecified atom stereocenters. The van der Waals surface area contributed by atoms with Crippen molar-refractivity contribution < 1.29 is 17.6 Å². The van der Waals surface area contributed by atoms with Crippen LogP contribution < -0.4 is 9.46 Å². The number of sulfonamides is 1. The molecular weight excluding hydrogens is 374 g/mol. The molecule has 26 heavy (non-hydrogen) atoms. The number of ether oxygens (including phenoxy) is 1. The van der Waals surface area contributed by atoms with Crippen LogP contribution in [0.4, 0.5) is 5.69 Å². The highest BCUT2D eigenvalue weighted by molar-refractivity contribution is 7.92. The number of rotatable bonds is 4. The number of benzene rings is 3. The van der Waals surface area contributed by atoms with Gasteiger partial charge in [-0.1, -0.05) is 29.8 Å². The van der Waals surface area contributed by atoms with Crippen LogP contribution in [0.25, 0.3) is 21.9 Å². The van der Waals surface area contributed by atoms with Crippen molar-refractivity contribution in [1.29, 1.82) is 0 Å². The van der Waals surface area contributed by atoms with Gasteiger partial charge in [0.05, 0.1) is 12.8 Å². The molecule has 0 aliphatic heterocycles. The number of anilines is 1. The van der Waals surface area contributed by atoms with Crippen LogP contribution in [0.1, 0.15) is 0 Å². The number of nitrogens with one attached hydrogen (secondary N) is 1. The molecule has 0 saturated carbocycles. The second kappa shape index (κ2) is 6.23. The maximum Gasteiger partial charge on any atom is 0.265 e. The van der Waals surface area contributed by atoms with Crippen LogP contribution in [0.3, 0.4) is 0 Å². The number of para-hydroxylation sites is 1. The summed E-state index contributed by atoms with van der Waals surface area (Å²) in [6, 6.07) is 17.3. The van der Waals surface area contributed by atoms with Gasteiger partial charge in [0.15, 0.2) is 0 Å². The lowest BCUT2D eigenvalue weighted by molar-refractivity contribution is 0.403. The Balaban J connectivity index is 1.76. The first kappa shape index (κ1) is 16.8. The first-order valence-electron chi connectivity index (χ1n) is 7.75. The fourth-order valence-corrected chi connectivity index (χ4v) is 4.34. The maximum atomic E-state index is 12.8. The Morgan fingerprint density at radius 3 is 2.54 bits per heavy atom. The van der Waals surface area contributed by atoms with E-state index >= 15 is 0 Å². The van der Waals surface area contributed by atoms with Crippen molar-refractivity contribution in [1.82, 2.24) is 0 Å². The quantitative estimate of drug-likeness (QED) is 0.532. The Bertz CT molecular complexity index is 1230. The van der Waals surface area contributed by atoms with Crippen LogP contribution in [0.15, 0.2) is 70.0 Å². The zero-order chi connectivity index (χ0) is 18.3. The minimum absolute atomic E-state index is 0.0304. The summed E-state index contributed by atoms with van der Waals surface area (Å²) < 4.78 is 39.0. The van der Waals surface area contributed by atoms with E-state index in [1.807, 2.05) is 30.3 Å². The third-order valence-corrected chi connectivity index (χ3v) is 5.68. The number of furan rings is 1. The number of hydrogen-bond donors (Lipinski definition) is 1. The molecule has 0 saturated heterocycles. The van der Waals surface area contributed by atoms with E-state index in [2.05, 4.69) is 4.72 Å². The highest BCUT2D eigenvalue weighted by Gasteiger charge is 2.20. The van der Waals surface area contributed by atoms with E-state index in [9.17, 15) is 8.42 Å². The highest BCUT2D eigenvalue weighted by atomic mass is 35.5. The van der Waals surface area contributed by atoms with Crippen LogP contribution in [-0.4, -0.2) is 15.5 Å². The molecule has 0 aliphatic carbocycles. The Labute approximate surface area is 155 Å². The van der Waals surface area contributed by atoms with Crippen molar-refractivity contribution in [3.63, 3.8) is 0 Å². The number of hydrogen-bond acceptors (Lipinski definition) is 4. The van der Waals surface area contributed by atoms with Crippen molar-refractivity contribution in [2.24, 2.45) is 0 Å². The summed E-state index contributed by atoms with van der Waals surface area (Å²) in [6.45, 7) is 0. The first-order chi connectivity index (χ1) is 12.5. The summed E-state index contributed by atoms with van der Waals surface area (Å²) in [5.41, 5.74) is 1.74. The summed E-state index contributed by atoms with van der Waals surface area (Å²) in [6.07, 6.45) is 0. The van der Waals surface area contributed by atoms with E-state index in [1.165, 1.54) is 19.2 Å². The number of halogens is 1. The van der Waals surface area contributed by atoms with Gasteiger partial charge in [-0.15, -0.1) is 0 Å². The lowest BCUT2D eigenvalue weighted by Crippen LogP contribution is -2.14. The van der Waals surface area contributed by atoms with Gasteiger partial charge in [-0.2, -0.15) is 0 Å². The van der Waals surface area contributed by atoms with Crippen molar-refractivity contribution in [2.75, 3.05) is 11.8 Å². The van der Waals surface area contributed by atoms with Gasteiger partial charge in [-0.3, -0.25) is 4.72 Å². The molecule has 1 heterocycles. The van der Waals surface area contributed by atoms with E-state index in [-0.39, 0.29) is 10.6 Å². The monoisotopic (exact) mass is 387 g/mol. The maximum absolute atomic E-state index is 12.8. The summed E-state index contributed by atoms with van der Waals surface area (Å²) in [7, 11) is -2.47. The molecule has 4 rings (SSSR count). The molecule has 0 amide bonds. The van der Waals surface area contributed by atoms with Crippen LogP contribution >= 0.6 is 11.6 Å². The van der Waals surface area contributed by atoms with Crippen molar-refractivity contribution in [3.8, 4) is 5.75 Å². The number of fused-ring (bicyclic) bond motifs is 3. The normalized spacial score (nSPS) is 11.8. The van der Waals surface area contributed by atoms with Gasteiger partial charge in [0.25, 0.3) is 10.0 Å². The van der Waals surface area contributed by atoms with Crippen LogP contribution in [0.2, 0.25) is 5.02 Å². The van der Waals surface area contributed by atoms with Gasteiger partial charge in [-0.05, 0) is 36.4 Å². The molecule has 0 aliphatic rings. The third-order valence-electron chi connectivity index (χ3n) is 4.05. The molecule has 7 heteroatoms. The van der Waals surface area contributed by atoms with Gasteiger partial charge in [0.1, 0.15) is 21.8 Å². The third kappa shape index (κ3) is 2.87. The van der Waals surface area contributed by atoms with Crippen LogP contribution in [-0.2, 0) is 10.0 Å². The first-order valence-corrected chi connectivity index (χ1v) is 9.62.